The van der Waals surface area contributed by atoms with Gasteiger partial charge < -0.3 is 14.2 Å². The molecule has 1 unspecified atom stereocenters. The second-order valence-corrected chi connectivity index (χ2v) is 6.81. The van der Waals surface area contributed by atoms with Crippen molar-refractivity contribution in [3.05, 3.63) is 59.9 Å². The van der Waals surface area contributed by atoms with Gasteiger partial charge in [0.1, 0.15) is 5.75 Å². The number of hydrogen-bond donors (Lipinski definition) is 0. The number of aromatic nitrogens is 2. The third-order valence-corrected chi connectivity index (χ3v) is 5.01. The van der Waals surface area contributed by atoms with Crippen molar-refractivity contribution in [1.29, 1.82) is 0 Å². The number of nitrogens with zero attached hydrogens (tertiary/aromatic N) is 3. The molecule has 2 heterocycles. The van der Waals surface area contributed by atoms with E-state index in [0.717, 1.165) is 17.7 Å². The Hall–Kier alpha value is -3.15. The van der Waals surface area contributed by atoms with Crippen LogP contribution in [0, 0.1) is 0 Å². The lowest BCUT2D eigenvalue weighted by Gasteiger charge is -2.16. The molecule has 0 saturated carbocycles. The molecule has 0 spiro atoms. The van der Waals surface area contributed by atoms with E-state index in [4.69, 9.17) is 9.26 Å². The Balaban J connectivity index is 1.54. The topological polar surface area (TPSA) is 68.5 Å². The van der Waals surface area contributed by atoms with E-state index in [2.05, 4.69) is 29.2 Å². The molecule has 6 heteroatoms. The summed E-state index contributed by atoms with van der Waals surface area (Å²) >= 11 is 0. The summed E-state index contributed by atoms with van der Waals surface area (Å²) in [5, 5.41) is 4.15. The molecule has 4 rings (SSSR count). The SMILES string of the molecule is CCOc1ccccc1-c1nc(C2CC(=O)N(c3ccc(CC)cc3)C2)no1. The maximum Gasteiger partial charge on any atom is 0.261 e. The highest BCUT2D eigenvalue weighted by molar-refractivity contribution is 5.96. The summed E-state index contributed by atoms with van der Waals surface area (Å²) in [4.78, 5) is 18.9. The average Bonchev–Trinajstić information content (AvgIpc) is 3.36. The van der Waals surface area contributed by atoms with Gasteiger partial charge in [0.05, 0.1) is 12.2 Å². The maximum absolute atomic E-state index is 12.5. The fraction of sp³-hybridized carbons (Fsp3) is 0.318. The second-order valence-electron chi connectivity index (χ2n) is 6.81. The summed E-state index contributed by atoms with van der Waals surface area (Å²) in [6.45, 7) is 5.16. The van der Waals surface area contributed by atoms with E-state index in [-0.39, 0.29) is 11.8 Å². The Morgan fingerprint density at radius 3 is 2.68 bits per heavy atom. The van der Waals surface area contributed by atoms with Gasteiger partial charge in [-0.1, -0.05) is 36.3 Å². The van der Waals surface area contributed by atoms with Crippen LogP contribution in [-0.4, -0.2) is 29.2 Å². The lowest BCUT2D eigenvalue weighted by molar-refractivity contribution is -0.117. The van der Waals surface area contributed by atoms with Crippen LogP contribution in [0.1, 0.15) is 37.6 Å². The summed E-state index contributed by atoms with van der Waals surface area (Å²) in [6.07, 6.45) is 1.35. The first-order valence-corrected chi connectivity index (χ1v) is 9.64. The van der Waals surface area contributed by atoms with E-state index < -0.39 is 0 Å². The van der Waals surface area contributed by atoms with Crippen LogP contribution in [0.25, 0.3) is 11.5 Å². The zero-order chi connectivity index (χ0) is 19.5. The third-order valence-electron chi connectivity index (χ3n) is 5.01. The number of hydrogen-bond acceptors (Lipinski definition) is 5. The zero-order valence-corrected chi connectivity index (χ0v) is 16.1. The Kier molecular flexibility index (Phi) is 5.10. The van der Waals surface area contributed by atoms with Crippen molar-refractivity contribution in [3.63, 3.8) is 0 Å². The molecule has 0 radical (unpaired) electrons. The molecule has 1 fully saturated rings. The molecular formula is C22H23N3O3. The van der Waals surface area contributed by atoms with Crippen LogP contribution in [0.5, 0.6) is 5.75 Å². The Morgan fingerprint density at radius 1 is 1.14 bits per heavy atom. The lowest BCUT2D eigenvalue weighted by Crippen LogP contribution is -2.24. The van der Waals surface area contributed by atoms with Crippen molar-refractivity contribution in [2.24, 2.45) is 0 Å². The van der Waals surface area contributed by atoms with Gasteiger partial charge in [-0.15, -0.1) is 0 Å². The van der Waals surface area contributed by atoms with Crippen LogP contribution in [0.2, 0.25) is 0 Å². The summed E-state index contributed by atoms with van der Waals surface area (Å²) in [7, 11) is 0. The van der Waals surface area contributed by atoms with Crippen LogP contribution in [0.4, 0.5) is 5.69 Å². The molecule has 1 aliphatic rings. The van der Waals surface area contributed by atoms with E-state index >= 15 is 0 Å². The van der Waals surface area contributed by atoms with E-state index in [0.29, 0.717) is 37.0 Å². The number of aryl methyl sites for hydroxylation is 1. The van der Waals surface area contributed by atoms with Gasteiger partial charge in [-0.25, -0.2) is 0 Å². The van der Waals surface area contributed by atoms with Crippen LogP contribution < -0.4 is 9.64 Å². The lowest BCUT2D eigenvalue weighted by atomic mass is 10.1. The van der Waals surface area contributed by atoms with Gasteiger partial charge in [0.25, 0.3) is 5.89 Å². The molecule has 1 aliphatic heterocycles. The molecule has 3 aromatic rings. The molecule has 6 nitrogen and oxygen atoms in total. The maximum atomic E-state index is 12.5. The van der Waals surface area contributed by atoms with E-state index in [1.54, 1.807) is 4.90 Å². The highest BCUT2D eigenvalue weighted by Gasteiger charge is 2.34. The summed E-state index contributed by atoms with van der Waals surface area (Å²) in [5.41, 5.74) is 2.93. The summed E-state index contributed by atoms with van der Waals surface area (Å²) in [6, 6.07) is 15.7. The molecule has 0 N–H and O–H groups in total. The van der Waals surface area contributed by atoms with Crippen LogP contribution >= 0.6 is 0 Å². The molecule has 1 amide bonds. The van der Waals surface area contributed by atoms with Gasteiger partial charge in [0.15, 0.2) is 5.82 Å². The number of benzene rings is 2. The van der Waals surface area contributed by atoms with E-state index in [1.165, 1.54) is 5.56 Å². The molecule has 1 saturated heterocycles. The fourth-order valence-corrected chi connectivity index (χ4v) is 3.48. The van der Waals surface area contributed by atoms with Gasteiger partial charge in [0, 0.05) is 24.6 Å². The third kappa shape index (κ3) is 3.50. The van der Waals surface area contributed by atoms with Crippen molar-refractivity contribution in [3.8, 4) is 17.2 Å². The molecule has 1 atom stereocenters. The molecule has 0 bridgehead atoms. The van der Waals surface area contributed by atoms with Crippen molar-refractivity contribution in [1.82, 2.24) is 10.1 Å². The highest BCUT2D eigenvalue weighted by atomic mass is 16.5. The van der Waals surface area contributed by atoms with Crippen LogP contribution in [-0.2, 0) is 11.2 Å². The predicted octanol–water partition coefficient (Wildman–Crippen LogP) is 4.22. The number of ether oxygens (including phenoxy) is 1. The van der Waals surface area contributed by atoms with Crippen LogP contribution in [0.3, 0.4) is 0 Å². The Morgan fingerprint density at radius 2 is 1.93 bits per heavy atom. The second kappa shape index (κ2) is 7.84. The van der Waals surface area contributed by atoms with Crippen molar-refractivity contribution in [2.75, 3.05) is 18.1 Å². The fourth-order valence-electron chi connectivity index (χ4n) is 3.48. The first-order valence-electron chi connectivity index (χ1n) is 9.64. The average molecular weight is 377 g/mol. The predicted molar refractivity (Wildman–Crippen MR) is 106 cm³/mol. The van der Waals surface area contributed by atoms with Crippen LogP contribution in [0.15, 0.2) is 53.1 Å². The van der Waals surface area contributed by atoms with E-state index in [1.807, 2.05) is 43.3 Å². The minimum absolute atomic E-state index is 0.0790. The number of carbonyl (C=O) groups is 1. The monoisotopic (exact) mass is 377 g/mol. The zero-order valence-electron chi connectivity index (χ0n) is 16.1. The Bertz CT molecular complexity index is 965. The molecule has 28 heavy (non-hydrogen) atoms. The molecule has 1 aromatic heterocycles. The normalized spacial score (nSPS) is 16.6. The number of carbonyl (C=O) groups excluding carboxylic acids is 1. The molecule has 144 valence electrons. The number of para-hydroxylation sites is 1. The molecular weight excluding hydrogens is 354 g/mol. The van der Waals surface area contributed by atoms with E-state index in [9.17, 15) is 4.79 Å². The number of anilines is 1. The first-order chi connectivity index (χ1) is 13.7. The van der Waals surface area contributed by atoms with Crippen molar-refractivity contribution in [2.45, 2.75) is 32.6 Å². The quantitative estimate of drug-likeness (QED) is 0.643. The first kappa shape index (κ1) is 18.2. The number of amides is 1. The van der Waals surface area contributed by atoms with Gasteiger partial charge in [0.2, 0.25) is 5.91 Å². The minimum atomic E-state index is -0.0879. The van der Waals surface area contributed by atoms with Gasteiger partial charge in [-0.05, 0) is 43.2 Å². The molecule has 2 aromatic carbocycles. The smallest absolute Gasteiger partial charge is 0.261 e. The number of rotatable bonds is 6. The summed E-state index contributed by atoms with van der Waals surface area (Å²) < 4.78 is 11.1. The van der Waals surface area contributed by atoms with Crippen molar-refractivity contribution < 1.29 is 14.1 Å². The van der Waals surface area contributed by atoms with Gasteiger partial charge in [-0.3, -0.25) is 4.79 Å². The minimum Gasteiger partial charge on any atom is -0.493 e. The standard InChI is InChI=1S/C22H23N3O3/c1-3-15-9-11-17(12-10-15)25-14-16(13-20(25)26)21-23-22(28-24-21)18-7-5-6-8-19(18)27-4-2/h5-12,16H,3-4,13-14H2,1-2H3. The van der Waals surface area contributed by atoms with Gasteiger partial charge in [-0.2, -0.15) is 4.98 Å². The van der Waals surface area contributed by atoms with Crippen molar-refractivity contribution >= 4 is 11.6 Å². The van der Waals surface area contributed by atoms with Gasteiger partial charge >= 0.3 is 0 Å². The Labute approximate surface area is 164 Å². The highest BCUT2D eigenvalue weighted by Crippen LogP contribution is 2.33. The summed E-state index contributed by atoms with van der Waals surface area (Å²) in [5.74, 6) is 1.67. The largest absolute Gasteiger partial charge is 0.493 e. The molecule has 0 aliphatic carbocycles.